The van der Waals surface area contributed by atoms with Gasteiger partial charge < -0.3 is 10.8 Å². The molecule has 1 aromatic carbocycles. The lowest BCUT2D eigenvalue weighted by atomic mass is 10.0. The van der Waals surface area contributed by atoms with Gasteiger partial charge in [-0.2, -0.15) is 0 Å². The first kappa shape index (κ1) is 14.0. The summed E-state index contributed by atoms with van der Waals surface area (Å²) < 4.78 is 12.9. The summed E-state index contributed by atoms with van der Waals surface area (Å²) in [4.78, 5) is 13.7. The van der Waals surface area contributed by atoms with Crippen LogP contribution in [-0.2, 0) is 4.79 Å². The fourth-order valence-corrected chi connectivity index (χ4v) is 2.56. The minimum Gasteiger partial charge on any atom is -0.393 e. The van der Waals surface area contributed by atoms with Crippen molar-refractivity contribution in [2.45, 2.75) is 31.4 Å². The van der Waals surface area contributed by atoms with Gasteiger partial charge in [0, 0.05) is 6.54 Å². The van der Waals surface area contributed by atoms with Crippen LogP contribution in [0.3, 0.4) is 0 Å². The predicted molar refractivity (Wildman–Crippen MR) is 69.8 cm³/mol. The quantitative estimate of drug-likeness (QED) is 0.864. The zero-order chi connectivity index (χ0) is 13.8. The molecule has 2 atom stereocenters. The Bertz CT molecular complexity index is 436. The third kappa shape index (κ3) is 3.52. The average molecular weight is 266 g/mol. The standard InChI is InChI=1S/C14H19FN2O2/c15-11-5-3-10(4-6-11)13(14(16)19)17-8-1-2-12(18)7-9-17/h3-6,12-13,18H,1-2,7-9H2,(H2,16,19). The molecule has 1 heterocycles. The Balaban J connectivity index is 2.19. The van der Waals surface area contributed by atoms with E-state index in [1.807, 2.05) is 4.90 Å². The Hall–Kier alpha value is -1.46. The van der Waals surface area contributed by atoms with Crippen molar-refractivity contribution in [3.8, 4) is 0 Å². The molecule has 0 radical (unpaired) electrons. The molecule has 0 saturated carbocycles. The highest BCUT2D eigenvalue weighted by atomic mass is 19.1. The van der Waals surface area contributed by atoms with Crippen LogP contribution in [0.1, 0.15) is 30.9 Å². The van der Waals surface area contributed by atoms with Crippen LogP contribution >= 0.6 is 0 Å². The minimum absolute atomic E-state index is 0.313. The molecule has 0 bridgehead atoms. The molecule has 1 aliphatic rings. The Morgan fingerprint density at radius 2 is 2.00 bits per heavy atom. The normalized spacial score (nSPS) is 22.7. The second kappa shape index (κ2) is 6.12. The number of halogens is 1. The molecule has 1 aromatic rings. The summed E-state index contributed by atoms with van der Waals surface area (Å²) in [5, 5.41) is 9.64. The van der Waals surface area contributed by atoms with Crippen LogP contribution in [0.2, 0.25) is 0 Å². The van der Waals surface area contributed by atoms with Gasteiger partial charge in [0.1, 0.15) is 11.9 Å². The summed E-state index contributed by atoms with van der Waals surface area (Å²) >= 11 is 0. The smallest absolute Gasteiger partial charge is 0.239 e. The summed E-state index contributed by atoms with van der Waals surface area (Å²) in [5.74, 6) is -0.777. The number of nitrogens with two attached hydrogens (primary N) is 1. The Morgan fingerprint density at radius 3 is 2.63 bits per heavy atom. The topological polar surface area (TPSA) is 66.6 Å². The number of benzene rings is 1. The Morgan fingerprint density at radius 1 is 1.32 bits per heavy atom. The lowest BCUT2D eigenvalue weighted by Crippen LogP contribution is -2.38. The molecule has 0 aliphatic carbocycles. The number of hydrogen-bond donors (Lipinski definition) is 2. The van der Waals surface area contributed by atoms with Gasteiger partial charge in [-0.25, -0.2) is 4.39 Å². The molecular formula is C14H19FN2O2. The summed E-state index contributed by atoms with van der Waals surface area (Å²) in [5.41, 5.74) is 6.19. The maximum absolute atomic E-state index is 12.9. The molecule has 5 heteroatoms. The molecule has 1 saturated heterocycles. The first-order valence-corrected chi connectivity index (χ1v) is 6.55. The molecule has 0 aromatic heterocycles. The molecular weight excluding hydrogens is 247 g/mol. The van der Waals surface area contributed by atoms with E-state index in [-0.39, 0.29) is 11.9 Å². The van der Waals surface area contributed by atoms with Crippen LogP contribution in [0.15, 0.2) is 24.3 Å². The van der Waals surface area contributed by atoms with Crippen LogP contribution in [0.5, 0.6) is 0 Å². The van der Waals surface area contributed by atoms with Gasteiger partial charge in [0.15, 0.2) is 0 Å². The maximum Gasteiger partial charge on any atom is 0.239 e. The minimum atomic E-state index is -0.550. The molecule has 0 spiro atoms. The largest absolute Gasteiger partial charge is 0.393 e. The number of hydrogen-bond acceptors (Lipinski definition) is 3. The lowest BCUT2D eigenvalue weighted by molar-refractivity contribution is -0.123. The van der Waals surface area contributed by atoms with Crippen LogP contribution < -0.4 is 5.73 Å². The highest BCUT2D eigenvalue weighted by Gasteiger charge is 2.27. The van der Waals surface area contributed by atoms with E-state index in [0.29, 0.717) is 25.1 Å². The van der Waals surface area contributed by atoms with Crippen molar-refractivity contribution < 1.29 is 14.3 Å². The first-order chi connectivity index (χ1) is 9.08. The molecule has 1 fully saturated rings. The molecule has 1 aliphatic heterocycles. The monoisotopic (exact) mass is 266 g/mol. The van der Waals surface area contributed by atoms with Gasteiger partial charge in [-0.15, -0.1) is 0 Å². The highest BCUT2D eigenvalue weighted by molar-refractivity contribution is 5.81. The SMILES string of the molecule is NC(=O)C(c1ccc(F)cc1)N1CCCC(O)CC1. The third-order valence-electron chi connectivity index (χ3n) is 3.55. The zero-order valence-electron chi connectivity index (χ0n) is 10.8. The number of nitrogens with zero attached hydrogens (tertiary/aromatic N) is 1. The molecule has 2 rings (SSSR count). The van der Waals surface area contributed by atoms with Crippen molar-refractivity contribution in [3.63, 3.8) is 0 Å². The molecule has 1 amide bonds. The zero-order valence-corrected chi connectivity index (χ0v) is 10.8. The van der Waals surface area contributed by atoms with Crippen molar-refractivity contribution in [1.82, 2.24) is 4.90 Å². The Kier molecular flexibility index (Phi) is 4.50. The lowest BCUT2D eigenvalue weighted by Gasteiger charge is -2.28. The van der Waals surface area contributed by atoms with E-state index in [9.17, 15) is 14.3 Å². The predicted octanol–water partition coefficient (Wildman–Crippen LogP) is 1.20. The van der Waals surface area contributed by atoms with Gasteiger partial charge in [-0.1, -0.05) is 12.1 Å². The van der Waals surface area contributed by atoms with E-state index in [4.69, 9.17) is 5.73 Å². The van der Waals surface area contributed by atoms with Crippen molar-refractivity contribution in [1.29, 1.82) is 0 Å². The van der Waals surface area contributed by atoms with Crippen molar-refractivity contribution in [2.24, 2.45) is 5.73 Å². The fourth-order valence-electron chi connectivity index (χ4n) is 2.56. The van der Waals surface area contributed by atoms with Crippen LogP contribution in [0.25, 0.3) is 0 Å². The number of rotatable bonds is 3. The summed E-state index contributed by atoms with van der Waals surface area (Å²) in [7, 11) is 0. The first-order valence-electron chi connectivity index (χ1n) is 6.55. The average Bonchev–Trinajstić information content (AvgIpc) is 2.57. The second-order valence-corrected chi connectivity index (χ2v) is 4.98. The van der Waals surface area contributed by atoms with E-state index in [2.05, 4.69) is 0 Å². The van der Waals surface area contributed by atoms with Crippen LogP contribution in [0, 0.1) is 5.82 Å². The summed E-state index contributed by atoms with van der Waals surface area (Å²) in [6.07, 6.45) is 1.88. The van der Waals surface area contributed by atoms with E-state index < -0.39 is 11.9 Å². The van der Waals surface area contributed by atoms with Gasteiger partial charge in [0.25, 0.3) is 0 Å². The van der Waals surface area contributed by atoms with Gasteiger partial charge in [-0.05, 0) is 43.5 Å². The van der Waals surface area contributed by atoms with Gasteiger partial charge in [0.05, 0.1) is 6.10 Å². The number of likely N-dealkylation sites (tertiary alicyclic amines) is 1. The summed E-state index contributed by atoms with van der Waals surface area (Å²) in [6, 6.07) is 5.29. The fraction of sp³-hybridized carbons (Fsp3) is 0.500. The number of amides is 1. The van der Waals surface area contributed by atoms with E-state index >= 15 is 0 Å². The van der Waals surface area contributed by atoms with Crippen molar-refractivity contribution in [3.05, 3.63) is 35.6 Å². The second-order valence-electron chi connectivity index (χ2n) is 4.98. The van der Waals surface area contributed by atoms with E-state index in [1.165, 1.54) is 12.1 Å². The number of carbonyl (C=O) groups is 1. The van der Waals surface area contributed by atoms with Crippen LogP contribution in [-0.4, -0.2) is 35.1 Å². The number of aliphatic hydroxyl groups excluding tert-OH is 1. The van der Waals surface area contributed by atoms with Crippen LogP contribution in [0.4, 0.5) is 4.39 Å². The molecule has 4 nitrogen and oxygen atoms in total. The third-order valence-corrected chi connectivity index (χ3v) is 3.55. The number of aliphatic hydroxyl groups is 1. The Labute approximate surface area is 112 Å². The molecule has 19 heavy (non-hydrogen) atoms. The highest BCUT2D eigenvalue weighted by Crippen LogP contribution is 2.24. The van der Waals surface area contributed by atoms with Gasteiger partial charge >= 0.3 is 0 Å². The molecule has 104 valence electrons. The maximum atomic E-state index is 12.9. The number of carbonyl (C=O) groups excluding carboxylic acids is 1. The number of primary amides is 1. The van der Waals surface area contributed by atoms with E-state index in [1.54, 1.807) is 12.1 Å². The van der Waals surface area contributed by atoms with E-state index in [0.717, 1.165) is 12.8 Å². The molecule has 3 N–H and O–H groups in total. The van der Waals surface area contributed by atoms with Gasteiger partial charge in [0.2, 0.25) is 5.91 Å². The van der Waals surface area contributed by atoms with Crippen molar-refractivity contribution in [2.75, 3.05) is 13.1 Å². The van der Waals surface area contributed by atoms with Gasteiger partial charge in [-0.3, -0.25) is 9.69 Å². The molecule has 2 unspecified atom stereocenters. The summed E-state index contributed by atoms with van der Waals surface area (Å²) in [6.45, 7) is 1.33. The van der Waals surface area contributed by atoms with Crippen molar-refractivity contribution >= 4 is 5.91 Å².